The first kappa shape index (κ1) is 13.3. The van der Waals surface area contributed by atoms with Crippen LogP contribution >= 0.6 is 0 Å². The van der Waals surface area contributed by atoms with E-state index in [0.717, 1.165) is 0 Å². The first-order chi connectivity index (χ1) is 14.9. The summed E-state index contributed by atoms with van der Waals surface area (Å²) in [5.74, 6) is 0. The molecule has 10 rings (SSSR count). The lowest BCUT2D eigenvalue weighted by Crippen LogP contribution is -1.80. The topological polar surface area (TPSA) is 0 Å². The molecule has 0 aliphatic rings. The lowest BCUT2D eigenvalue weighted by molar-refractivity contribution is 1.89. The van der Waals surface area contributed by atoms with Crippen LogP contribution in [0.5, 0.6) is 0 Å². The molecule has 0 aromatic heterocycles. The average molecular weight is 372 g/mol. The Hall–Kier alpha value is -3.90. The van der Waals surface area contributed by atoms with Crippen molar-refractivity contribution >= 4 is 97.0 Å². The van der Waals surface area contributed by atoms with Crippen molar-refractivity contribution in [3.63, 3.8) is 0 Å². The first-order valence-corrected chi connectivity index (χ1v) is 10.7. The largest absolute Gasteiger partial charge is 0.0610 e. The van der Waals surface area contributed by atoms with Gasteiger partial charge < -0.3 is 0 Å². The Balaban J connectivity index is 1.86. The molecule has 30 heavy (non-hydrogen) atoms. The molecule has 10 aromatic carbocycles. The second-order valence-electron chi connectivity index (χ2n) is 9.23. The molecule has 0 bridgehead atoms. The van der Waals surface area contributed by atoms with Crippen LogP contribution in [0.15, 0.2) is 72.8 Å². The van der Waals surface area contributed by atoms with Gasteiger partial charge >= 0.3 is 0 Å². The second kappa shape index (κ2) is 3.78. The molecule has 10 aromatic rings. The second-order valence-corrected chi connectivity index (χ2v) is 9.23. The summed E-state index contributed by atoms with van der Waals surface area (Å²) >= 11 is 0. The van der Waals surface area contributed by atoms with E-state index in [1.165, 1.54) is 97.0 Å². The summed E-state index contributed by atoms with van der Waals surface area (Å²) in [6, 6.07) is 28.0. The van der Waals surface area contributed by atoms with Gasteiger partial charge in [0.2, 0.25) is 0 Å². The molecule has 0 unspecified atom stereocenters. The van der Waals surface area contributed by atoms with Crippen LogP contribution in [0, 0.1) is 0 Å². The maximum absolute atomic E-state index is 2.45. The Morgan fingerprint density at radius 1 is 0.267 bits per heavy atom. The lowest BCUT2D eigenvalue weighted by Gasteiger charge is -2.10. The summed E-state index contributed by atoms with van der Waals surface area (Å²) in [6.45, 7) is 0. The van der Waals surface area contributed by atoms with Crippen LogP contribution in [0.3, 0.4) is 0 Å². The predicted octanol–water partition coefficient (Wildman–Crippen LogP) is 8.69. The minimum Gasteiger partial charge on any atom is -0.0610 e. The number of hydrogen-bond donors (Lipinski definition) is 0. The van der Waals surface area contributed by atoms with E-state index in [9.17, 15) is 0 Å². The van der Waals surface area contributed by atoms with Gasteiger partial charge in [0.15, 0.2) is 0 Å². The van der Waals surface area contributed by atoms with E-state index in [-0.39, 0.29) is 0 Å². The van der Waals surface area contributed by atoms with Gasteiger partial charge in [-0.15, -0.1) is 0 Å². The standard InChI is InChI=1S/C30H12/c1-4-13-10-20-17-8-3-6-15-12-21-18-9-2-5-14-11-19-16(7-1)22(13)28-25(19)29(23(14)18)27(21)30(24(15)17)26(20)28/h1-12H. The molecule has 0 aliphatic heterocycles. The molecule has 0 spiro atoms. The Morgan fingerprint density at radius 2 is 0.600 bits per heavy atom. The zero-order valence-corrected chi connectivity index (χ0v) is 15.9. The Kier molecular flexibility index (Phi) is 1.68. The van der Waals surface area contributed by atoms with Crippen molar-refractivity contribution < 1.29 is 0 Å². The van der Waals surface area contributed by atoms with Crippen LogP contribution in [-0.2, 0) is 0 Å². The van der Waals surface area contributed by atoms with Crippen LogP contribution in [0.1, 0.15) is 0 Å². The predicted molar refractivity (Wildman–Crippen MR) is 131 cm³/mol. The van der Waals surface area contributed by atoms with Gasteiger partial charge in [0, 0.05) is 0 Å². The van der Waals surface area contributed by atoms with Gasteiger partial charge in [-0.2, -0.15) is 0 Å². The van der Waals surface area contributed by atoms with Gasteiger partial charge in [0.05, 0.1) is 0 Å². The van der Waals surface area contributed by atoms with Crippen LogP contribution < -0.4 is 0 Å². The van der Waals surface area contributed by atoms with Gasteiger partial charge in [0.25, 0.3) is 0 Å². The maximum atomic E-state index is 2.45. The number of rotatable bonds is 0. The van der Waals surface area contributed by atoms with Crippen LogP contribution in [0.4, 0.5) is 0 Å². The maximum Gasteiger partial charge on any atom is -0.000113 e. The molecule has 0 N–H and O–H groups in total. The summed E-state index contributed by atoms with van der Waals surface area (Å²) in [7, 11) is 0. The minimum absolute atomic E-state index is 1.38. The van der Waals surface area contributed by atoms with Crippen molar-refractivity contribution in [2.24, 2.45) is 0 Å². The van der Waals surface area contributed by atoms with Gasteiger partial charge in [-0.05, 0) is 115 Å². The Morgan fingerprint density at radius 3 is 0.933 bits per heavy atom. The van der Waals surface area contributed by atoms with E-state index in [1.807, 2.05) is 0 Å². The normalized spacial score (nSPS) is 14.0. The van der Waals surface area contributed by atoms with Crippen LogP contribution in [0.25, 0.3) is 97.0 Å². The smallest absolute Gasteiger partial charge is 0.000113 e. The molecule has 0 radical (unpaired) electrons. The van der Waals surface area contributed by atoms with Crippen molar-refractivity contribution in [2.75, 3.05) is 0 Å². The highest BCUT2D eigenvalue weighted by Crippen LogP contribution is 2.58. The van der Waals surface area contributed by atoms with E-state index in [4.69, 9.17) is 0 Å². The fourth-order valence-corrected chi connectivity index (χ4v) is 7.21. The zero-order chi connectivity index (χ0) is 18.9. The van der Waals surface area contributed by atoms with Gasteiger partial charge in [-0.1, -0.05) is 54.6 Å². The van der Waals surface area contributed by atoms with Crippen molar-refractivity contribution in [2.45, 2.75) is 0 Å². The third kappa shape index (κ3) is 1.06. The highest BCUT2D eigenvalue weighted by atomic mass is 14.3. The van der Waals surface area contributed by atoms with E-state index in [1.54, 1.807) is 0 Å². The first-order valence-electron chi connectivity index (χ1n) is 10.7. The molecule has 0 aliphatic carbocycles. The number of benzene rings is 7. The molecule has 0 saturated carbocycles. The summed E-state index contributed by atoms with van der Waals surface area (Å²) in [6.07, 6.45) is 0. The average Bonchev–Trinajstić information content (AvgIpc) is 3.40. The summed E-state index contributed by atoms with van der Waals surface area (Å²) in [4.78, 5) is 0. The Bertz CT molecular complexity index is 1960. The molecule has 0 amide bonds. The SMILES string of the molecule is c1cc2cc3c4cccc5cc6c7cccc8cc9c(c1)c2c1c3c(c54)c6c(c87)c91. The molecule has 0 saturated heterocycles. The summed E-state index contributed by atoms with van der Waals surface area (Å²) < 4.78 is 0. The fourth-order valence-electron chi connectivity index (χ4n) is 7.21. The summed E-state index contributed by atoms with van der Waals surface area (Å²) in [5.41, 5.74) is 0. The van der Waals surface area contributed by atoms with Gasteiger partial charge in [0.1, 0.15) is 0 Å². The van der Waals surface area contributed by atoms with Gasteiger partial charge in [-0.3, -0.25) is 0 Å². The number of fused-ring (bicyclic) bond motifs is 3. The monoisotopic (exact) mass is 372 g/mol. The fraction of sp³-hybridized carbons (Fsp3) is 0. The highest BCUT2D eigenvalue weighted by molar-refractivity contribution is 6.58. The minimum atomic E-state index is 1.38. The van der Waals surface area contributed by atoms with Gasteiger partial charge in [-0.25, -0.2) is 0 Å². The molecular weight excluding hydrogens is 360 g/mol. The van der Waals surface area contributed by atoms with E-state index in [2.05, 4.69) is 72.8 Å². The van der Waals surface area contributed by atoms with Crippen LogP contribution in [0.2, 0.25) is 0 Å². The van der Waals surface area contributed by atoms with Crippen molar-refractivity contribution in [3.8, 4) is 0 Å². The van der Waals surface area contributed by atoms with Crippen molar-refractivity contribution in [1.82, 2.24) is 0 Å². The third-order valence-corrected chi connectivity index (χ3v) is 8.12. The lowest BCUT2D eigenvalue weighted by atomic mass is 9.92. The summed E-state index contributed by atoms with van der Waals surface area (Å²) in [5, 5.41) is 26.0. The van der Waals surface area contributed by atoms with Crippen LogP contribution in [-0.4, -0.2) is 0 Å². The molecule has 0 nitrogen and oxygen atoms in total. The molecule has 132 valence electrons. The third-order valence-electron chi connectivity index (χ3n) is 8.12. The molecule has 0 heterocycles. The van der Waals surface area contributed by atoms with E-state index >= 15 is 0 Å². The van der Waals surface area contributed by atoms with E-state index in [0.29, 0.717) is 0 Å². The quantitative estimate of drug-likeness (QED) is 0.234. The van der Waals surface area contributed by atoms with Crippen molar-refractivity contribution in [3.05, 3.63) is 72.8 Å². The highest BCUT2D eigenvalue weighted by Gasteiger charge is 2.29. The molecule has 0 fully saturated rings. The Labute approximate surface area is 169 Å². The molecule has 0 atom stereocenters. The van der Waals surface area contributed by atoms with E-state index < -0.39 is 0 Å². The zero-order valence-electron chi connectivity index (χ0n) is 15.9. The molecule has 0 heteroatoms. The molecular formula is C30H12. The van der Waals surface area contributed by atoms with Crippen molar-refractivity contribution in [1.29, 1.82) is 0 Å². The number of hydrogen-bond acceptors (Lipinski definition) is 0.